The average molecular weight is 688 g/mol. The van der Waals surface area contributed by atoms with Crippen LogP contribution in [-0.2, 0) is 19.3 Å². The van der Waals surface area contributed by atoms with Crippen molar-refractivity contribution in [2.24, 2.45) is 0 Å². The van der Waals surface area contributed by atoms with E-state index in [0.717, 1.165) is 64.3 Å². The van der Waals surface area contributed by atoms with Gasteiger partial charge in [0.05, 0.1) is 16.8 Å². The largest absolute Gasteiger partial charge is 0.491 e. The number of fused-ring (bicyclic) bond motifs is 2. The molecule has 1 fully saturated rings. The van der Waals surface area contributed by atoms with E-state index < -0.39 is 5.97 Å². The molecule has 1 saturated heterocycles. The molecule has 2 aliphatic heterocycles. The summed E-state index contributed by atoms with van der Waals surface area (Å²) in [6, 6.07) is 13.2. The van der Waals surface area contributed by atoms with E-state index in [0.29, 0.717) is 41.0 Å². The van der Waals surface area contributed by atoms with Crippen molar-refractivity contribution in [1.29, 1.82) is 0 Å². The molecule has 2 aromatic carbocycles. The van der Waals surface area contributed by atoms with Gasteiger partial charge in [0.15, 0.2) is 39.2 Å². The van der Waals surface area contributed by atoms with Gasteiger partial charge >= 0.3 is 5.97 Å². The number of likely N-dealkylation sites (tertiary alicyclic amines) is 1. The first kappa shape index (κ1) is 32.4. The SMILES string of the molecule is Cc1c(Nc2nc3ccccc3s2)nnc2c1CCCN2c1nc(C(=O)O)c(CCCOc2ccc(CCCN3CCCC3)cc2F)s1. The number of ether oxygens (including phenoxy) is 1. The molecule has 13 heteroatoms. The highest BCUT2D eigenvalue weighted by Crippen LogP contribution is 2.39. The maximum Gasteiger partial charge on any atom is 0.355 e. The third-order valence-corrected chi connectivity index (χ3v) is 11.1. The summed E-state index contributed by atoms with van der Waals surface area (Å²) in [6.45, 7) is 6.34. The lowest BCUT2D eigenvalue weighted by molar-refractivity contribution is 0.0690. The highest BCUT2D eigenvalue weighted by Gasteiger charge is 2.28. The summed E-state index contributed by atoms with van der Waals surface area (Å²) >= 11 is 2.91. The van der Waals surface area contributed by atoms with Crippen LogP contribution in [0.4, 0.5) is 26.3 Å². The van der Waals surface area contributed by atoms with Crippen LogP contribution < -0.4 is 15.0 Å². The van der Waals surface area contributed by atoms with Crippen molar-refractivity contribution in [3.05, 3.63) is 75.5 Å². The molecule has 0 unspecified atom stereocenters. The number of rotatable bonds is 13. The summed E-state index contributed by atoms with van der Waals surface area (Å²) in [5, 5.41) is 23.7. The van der Waals surface area contributed by atoms with E-state index in [9.17, 15) is 14.3 Å². The lowest BCUT2D eigenvalue weighted by Gasteiger charge is -2.28. The molecule has 0 atom stereocenters. The second kappa shape index (κ2) is 14.5. The molecule has 2 aliphatic rings. The van der Waals surface area contributed by atoms with Crippen LogP contribution in [0.2, 0.25) is 0 Å². The Bertz CT molecular complexity index is 1890. The Labute approximate surface area is 286 Å². The van der Waals surface area contributed by atoms with Gasteiger partial charge in [-0.2, -0.15) is 0 Å². The number of aryl methyl sites for hydroxylation is 2. The van der Waals surface area contributed by atoms with Gasteiger partial charge in [0, 0.05) is 22.5 Å². The van der Waals surface area contributed by atoms with Crippen LogP contribution in [0.3, 0.4) is 0 Å². The normalized spacial score (nSPS) is 14.8. The number of carboxylic acid groups (broad SMARTS) is 1. The molecule has 5 heterocycles. The first-order valence-electron chi connectivity index (χ1n) is 16.6. The summed E-state index contributed by atoms with van der Waals surface area (Å²) < 4.78 is 21.7. The molecule has 250 valence electrons. The van der Waals surface area contributed by atoms with E-state index in [1.807, 2.05) is 42.2 Å². The van der Waals surface area contributed by atoms with E-state index in [-0.39, 0.29) is 23.9 Å². The summed E-state index contributed by atoms with van der Waals surface area (Å²) in [5.74, 6) is 0.138. The van der Waals surface area contributed by atoms with Gasteiger partial charge in [0.2, 0.25) is 0 Å². The third-order valence-electron chi connectivity index (χ3n) is 8.97. The van der Waals surface area contributed by atoms with Crippen LogP contribution >= 0.6 is 22.7 Å². The van der Waals surface area contributed by atoms with Gasteiger partial charge in [0.25, 0.3) is 0 Å². The molecule has 10 nitrogen and oxygen atoms in total. The molecule has 0 saturated carbocycles. The fraction of sp³-hybridized carbons (Fsp3) is 0.400. The minimum absolute atomic E-state index is 0.0328. The van der Waals surface area contributed by atoms with Crippen LogP contribution in [0.1, 0.15) is 64.2 Å². The Hall–Kier alpha value is -4.20. The summed E-state index contributed by atoms with van der Waals surface area (Å²) in [6.07, 6.45) is 7.08. The number of thiazole rings is 2. The number of aromatic carboxylic acids is 1. The standard InChI is InChI=1S/C35H38FN7O3S2/c1-22-24-10-7-19-43(32(24)41-40-31(22)39-34-37-26-11-2-3-12-28(26)47-34)35-38-30(33(44)45)29(48-35)13-8-20-46-27-15-14-23(21-25(27)36)9-6-18-42-16-4-5-17-42/h2-3,11-12,14-15,21H,4-10,13,16-20H2,1H3,(H,44,45)(H,37,39,40). The number of benzene rings is 2. The van der Waals surface area contributed by atoms with Crippen molar-refractivity contribution in [3.63, 3.8) is 0 Å². The van der Waals surface area contributed by atoms with Crippen LogP contribution in [0.15, 0.2) is 42.5 Å². The van der Waals surface area contributed by atoms with Crippen molar-refractivity contribution >= 4 is 60.8 Å². The zero-order chi connectivity index (χ0) is 33.0. The number of hydrogen-bond donors (Lipinski definition) is 2. The predicted octanol–water partition coefficient (Wildman–Crippen LogP) is 7.56. The van der Waals surface area contributed by atoms with Crippen molar-refractivity contribution in [3.8, 4) is 5.75 Å². The molecule has 0 bridgehead atoms. The van der Waals surface area contributed by atoms with Gasteiger partial charge in [-0.1, -0.05) is 29.5 Å². The molecule has 5 aromatic rings. The van der Waals surface area contributed by atoms with Crippen LogP contribution in [0, 0.1) is 12.7 Å². The van der Waals surface area contributed by atoms with Gasteiger partial charge in [-0.05, 0) is 108 Å². The van der Waals surface area contributed by atoms with Gasteiger partial charge in [0.1, 0.15) is 0 Å². The second-order valence-corrected chi connectivity index (χ2v) is 14.4. The maximum atomic E-state index is 14.8. The molecular formula is C35H38FN7O3S2. The fourth-order valence-corrected chi connectivity index (χ4v) is 8.43. The number of para-hydroxylation sites is 1. The molecule has 3 aromatic heterocycles. The number of halogens is 1. The summed E-state index contributed by atoms with van der Waals surface area (Å²) in [5.41, 5.74) is 3.98. The first-order valence-corrected chi connectivity index (χ1v) is 18.2. The van der Waals surface area contributed by atoms with E-state index >= 15 is 0 Å². The van der Waals surface area contributed by atoms with Gasteiger partial charge in [-0.15, -0.1) is 21.5 Å². The number of nitrogens with zero attached hydrogens (tertiary/aromatic N) is 6. The predicted molar refractivity (Wildman–Crippen MR) is 188 cm³/mol. The molecule has 2 N–H and O–H groups in total. The highest BCUT2D eigenvalue weighted by atomic mass is 32.1. The van der Waals surface area contributed by atoms with Crippen LogP contribution in [0.5, 0.6) is 5.75 Å². The fourth-order valence-electron chi connectivity index (χ4n) is 6.45. The van der Waals surface area contributed by atoms with Crippen LogP contribution in [0.25, 0.3) is 10.2 Å². The molecule has 0 amide bonds. The van der Waals surface area contributed by atoms with Crippen molar-refractivity contribution in [2.75, 3.05) is 43.0 Å². The lowest BCUT2D eigenvalue weighted by atomic mass is 10.0. The van der Waals surface area contributed by atoms with Crippen LogP contribution in [-0.4, -0.2) is 68.9 Å². The number of carboxylic acids is 1. The van der Waals surface area contributed by atoms with E-state index in [1.165, 1.54) is 37.3 Å². The monoisotopic (exact) mass is 687 g/mol. The van der Waals surface area contributed by atoms with E-state index in [1.54, 1.807) is 23.5 Å². The molecule has 7 rings (SSSR count). The Balaban J connectivity index is 0.984. The van der Waals surface area contributed by atoms with Gasteiger partial charge in [-0.3, -0.25) is 0 Å². The molecule has 0 radical (unpaired) electrons. The zero-order valence-electron chi connectivity index (χ0n) is 26.9. The Kier molecular flexibility index (Phi) is 9.78. The molecule has 0 aliphatic carbocycles. The number of carbonyl (C=O) groups is 1. The number of nitrogens with one attached hydrogen (secondary N) is 1. The quantitative estimate of drug-likeness (QED) is 0.120. The van der Waals surface area contributed by atoms with Crippen molar-refractivity contribution in [2.45, 2.75) is 58.3 Å². The minimum Gasteiger partial charge on any atom is -0.491 e. The zero-order valence-corrected chi connectivity index (χ0v) is 28.5. The van der Waals surface area contributed by atoms with Crippen molar-refractivity contribution < 1.29 is 19.0 Å². The molecular weight excluding hydrogens is 650 g/mol. The third kappa shape index (κ3) is 7.13. The lowest BCUT2D eigenvalue weighted by Crippen LogP contribution is -2.27. The first-order chi connectivity index (χ1) is 23.4. The van der Waals surface area contributed by atoms with Gasteiger partial charge < -0.3 is 25.0 Å². The molecule has 0 spiro atoms. The summed E-state index contributed by atoms with van der Waals surface area (Å²) in [4.78, 5) is 26.5. The summed E-state index contributed by atoms with van der Waals surface area (Å²) in [7, 11) is 0. The number of hydrogen-bond acceptors (Lipinski definition) is 11. The minimum atomic E-state index is -1.07. The Morgan fingerprint density at radius 2 is 1.88 bits per heavy atom. The average Bonchev–Trinajstić information content (AvgIpc) is 3.85. The topological polar surface area (TPSA) is 117 Å². The number of anilines is 4. The van der Waals surface area contributed by atoms with Gasteiger partial charge in [-0.25, -0.2) is 19.2 Å². The van der Waals surface area contributed by atoms with Crippen molar-refractivity contribution in [1.82, 2.24) is 25.1 Å². The maximum absolute atomic E-state index is 14.8. The Morgan fingerprint density at radius 3 is 2.69 bits per heavy atom. The second-order valence-electron chi connectivity index (χ2n) is 12.3. The van der Waals surface area contributed by atoms with E-state index in [4.69, 9.17) is 4.74 Å². The molecule has 48 heavy (non-hydrogen) atoms. The number of aromatic nitrogens is 4. The highest BCUT2D eigenvalue weighted by molar-refractivity contribution is 7.22. The smallest absolute Gasteiger partial charge is 0.355 e. The Morgan fingerprint density at radius 1 is 1.02 bits per heavy atom. The van der Waals surface area contributed by atoms with E-state index in [2.05, 4.69) is 30.4 Å².